The molecule has 38 heavy (non-hydrogen) atoms. The number of hydrogen-bond acceptors (Lipinski definition) is 8. The van der Waals surface area contributed by atoms with Crippen LogP contribution in [-0.4, -0.2) is 41.0 Å². The molecule has 196 valence electrons. The second kappa shape index (κ2) is 11.0. The van der Waals surface area contributed by atoms with Crippen LogP contribution in [0.4, 0.5) is 9.52 Å². The van der Waals surface area contributed by atoms with Gasteiger partial charge in [-0.2, -0.15) is 0 Å². The van der Waals surface area contributed by atoms with E-state index in [-0.39, 0.29) is 22.2 Å². The molecule has 3 aromatic rings. The molecular formula is C28H25FN2O6S. The molecule has 0 bridgehead atoms. The van der Waals surface area contributed by atoms with E-state index in [1.807, 2.05) is 0 Å². The van der Waals surface area contributed by atoms with E-state index >= 15 is 0 Å². The number of nitrogens with zero attached hydrogens (tertiary/aromatic N) is 2. The van der Waals surface area contributed by atoms with Gasteiger partial charge in [-0.25, -0.2) is 14.2 Å². The second-order valence-corrected chi connectivity index (χ2v) is 9.41. The summed E-state index contributed by atoms with van der Waals surface area (Å²) in [7, 11) is 0. The molecule has 8 nitrogen and oxygen atoms in total. The van der Waals surface area contributed by atoms with Crippen LogP contribution in [0, 0.1) is 19.7 Å². The van der Waals surface area contributed by atoms with Crippen molar-refractivity contribution >= 4 is 39.9 Å². The number of aliphatic hydroxyl groups is 1. The summed E-state index contributed by atoms with van der Waals surface area (Å²) >= 11 is 0.899. The number of anilines is 1. The number of aliphatic hydroxyl groups excluding tert-OH is 1. The van der Waals surface area contributed by atoms with Crippen LogP contribution in [-0.2, 0) is 14.3 Å². The molecule has 0 aliphatic carbocycles. The van der Waals surface area contributed by atoms with E-state index in [1.54, 1.807) is 45.0 Å². The number of benzene rings is 2. The summed E-state index contributed by atoms with van der Waals surface area (Å²) < 4.78 is 24.4. The Hall–Kier alpha value is -4.31. The van der Waals surface area contributed by atoms with Crippen molar-refractivity contribution in [2.75, 3.05) is 18.1 Å². The van der Waals surface area contributed by atoms with Crippen molar-refractivity contribution in [1.29, 1.82) is 0 Å². The van der Waals surface area contributed by atoms with Crippen LogP contribution >= 0.6 is 11.3 Å². The Bertz CT molecular complexity index is 1460. The van der Waals surface area contributed by atoms with E-state index in [0.29, 0.717) is 34.7 Å². The Labute approximate surface area is 222 Å². The molecule has 0 saturated carbocycles. The minimum Gasteiger partial charge on any atom is -0.507 e. The molecule has 1 fully saturated rings. The fourth-order valence-electron chi connectivity index (χ4n) is 4.15. The van der Waals surface area contributed by atoms with Crippen LogP contribution < -0.4 is 9.64 Å². The molecule has 2 heterocycles. The largest absolute Gasteiger partial charge is 0.507 e. The molecule has 1 N–H and O–H groups in total. The van der Waals surface area contributed by atoms with Crippen LogP contribution in [0.1, 0.15) is 45.0 Å². The van der Waals surface area contributed by atoms with Gasteiger partial charge in [0, 0.05) is 5.56 Å². The second-order valence-electron chi connectivity index (χ2n) is 8.43. The molecule has 1 amide bonds. The lowest BCUT2D eigenvalue weighted by atomic mass is 9.94. The Morgan fingerprint density at radius 3 is 2.55 bits per heavy atom. The molecule has 0 radical (unpaired) electrons. The van der Waals surface area contributed by atoms with Gasteiger partial charge in [0.2, 0.25) is 0 Å². The van der Waals surface area contributed by atoms with Crippen LogP contribution in [0.25, 0.3) is 5.76 Å². The lowest BCUT2D eigenvalue weighted by molar-refractivity contribution is -0.132. The SMILES string of the molecule is C=CCOc1ccc(C(O)=C2C(=O)C(=O)N(c3nc(C)c(C(=O)OCC)s3)[C@@H]2c2ccc(F)cc2)c(C)c1. The fourth-order valence-corrected chi connectivity index (χ4v) is 5.14. The molecule has 1 aliphatic rings. The molecule has 0 spiro atoms. The van der Waals surface area contributed by atoms with Crippen molar-refractivity contribution < 1.29 is 33.4 Å². The lowest BCUT2D eigenvalue weighted by Gasteiger charge is -2.23. The van der Waals surface area contributed by atoms with Crippen LogP contribution in [0.3, 0.4) is 0 Å². The quantitative estimate of drug-likeness (QED) is 0.138. The number of ketones is 1. The summed E-state index contributed by atoms with van der Waals surface area (Å²) in [5, 5.41) is 11.5. The smallest absolute Gasteiger partial charge is 0.350 e. The maximum absolute atomic E-state index is 13.8. The number of carbonyl (C=O) groups is 3. The van der Waals surface area contributed by atoms with Gasteiger partial charge in [-0.15, -0.1) is 0 Å². The maximum atomic E-state index is 13.8. The van der Waals surface area contributed by atoms with Gasteiger partial charge in [0.05, 0.1) is 23.9 Å². The van der Waals surface area contributed by atoms with Gasteiger partial charge in [0.1, 0.15) is 28.8 Å². The molecule has 0 unspecified atom stereocenters. The number of aryl methyl sites for hydroxylation is 2. The number of thiazole rings is 1. The van der Waals surface area contributed by atoms with Crippen LogP contribution in [0.15, 0.2) is 60.7 Å². The minimum absolute atomic E-state index is 0.0749. The average Bonchev–Trinajstić information content (AvgIpc) is 3.39. The number of carbonyl (C=O) groups excluding carboxylic acids is 3. The molecule has 4 rings (SSSR count). The summed E-state index contributed by atoms with van der Waals surface area (Å²) in [5.41, 5.74) is 1.44. The first-order valence-corrected chi connectivity index (χ1v) is 12.5. The highest BCUT2D eigenvalue weighted by Gasteiger charge is 2.48. The first kappa shape index (κ1) is 26.7. The highest BCUT2D eigenvalue weighted by atomic mass is 32.1. The van der Waals surface area contributed by atoms with Crippen LogP contribution in [0.2, 0.25) is 0 Å². The number of Topliss-reactive ketones (excluding diaryl/α,β-unsaturated/α-hetero) is 1. The third-order valence-electron chi connectivity index (χ3n) is 5.90. The third-order valence-corrected chi connectivity index (χ3v) is 7.04. The van der Waals surface area contributed by atoms with Gasteiger partial charge in [0.15, 0.2) is 5.13 Å². The summed E-state index contributed by atoms with van der Waals surface area (Å²) in [6.45, 7) is 9.05. The zero-order valence-electron chi connectivity index (χ0n) is 21.0. The average molecular weight is 537 g/mol. The molecule has 2 aromatic carbocycles. The Balaban J connectivity index is 1.88. The van der Waals surface area contributed by atoms with Crippen molar-refractivity contribution in [1.82, 2.24) is 4.98 Å². The van der Waals surface area contributed by atoms with Crippen molar-refractivity contribution in [2.24, 2.45) is 0 Å². The Morgan fingerprint density at radius 2 is 1.92 bits per heavy atom. The van der Waals surface area contributed by atoms with Gasteiger partial charge >= 0.3 is 11.9 Å². The summed E-state index contributed by atoms with van der Waals surface area (Å²) in [6.07, 6.45) is 1.60. The van der Waals surface area contributed by atoms with E-state index in [1.165, 1.54) is 24.3 Å². The Kier molecular flexibility index (Phi) is 7.72. The summed E-state index contributed by atoms with van der Waals surface area (Å²) in [5.74, 6) is -2.84. The van der Waals surface area contributed by atoms with E-state index < -0.39 is 35.3 Å². The summed E-state index contributed by atoms with van der Waals surface area (Å²) in [4.78, 5) is 44.8. The number of ether oxygens (including phenoxy) is 2. The van der Waals surface area contributed by atoms with E-state index in [2.05, 4.69) is 11.6 Å². The monoisotopic (exact) mass is 536 g/mol. The van der Waals surface area contributed by atoms with E-state index in [4.69, 9.17) is 9.47 Å². The number of amides is 1. The first-order valence-electron chi connectivity index (χ1n) is 11.7. The molecule has 1 aliphatic heterocycles. The van der Waals surface area contributed by atoms with Gasteiger partial charge in [-0.05, 0) is 62.2 Å². The molecule has 1 aromatic heterocycles. The molecular weight excluding hydrogens is 511 g/mol. The van der Waals surface area contributed by atoms with E-state index in [9.17, 15) is 23.9 Å². The predicted octanol–water partition coefficient (Wildman–Crippen LogP) is 5.27. The standard InChI is InChI=1S/C28H25FN2O6S/c1-5-13-37-19-11-12-20(15(3)14-19)23(32)21-22(17-7-9-18(29)10-8-17)31(26(34)24(21)33)28-30-16(4)25(38-28)27(35)36-6-2/h5,7-12,14,22,32H,1,6,13H2,2-4H3/t22-/m1/s1. The highest BCUT2D eigenvalue weighted by Crippen LogP contribution is 2.44. The zero-order valence-corrected chi connectivity index (χ0v) is 21.8. The number of rotatable bonds is 8. The summed E-state index contributed by atoms with van der Waals surface area (Å²) in [6, 6.07) is 9.04. The van der Waals surface area contributed by atoms with Gasteiger partial charge in [-0.3, -0.25) is 14.5 Å². The number of hydrogen-bond donors (Lipinski definition) is 1. The molecule has 1 saturated heterocycles. The number of aromatic nitrogens is 1. The van der Waals surface area contributed by atoms with Crippen molar-refractivity contribution in [3.8, 4) is 5.75 Å². The van der Waals surface area contributed by atoms with Gasteiger partial charge < -0.3 is 14.6 Å². The maximum Gasteiger partial charge on any atom is 0.350 e. The minimum atomic E-state index is -1.12. The predicted molar refractivity (Wildman–Crippen MR) is 141 cm³/mol. The highest BCUT2D eigenvalue weighted by molar-refractivity contribution is 7.17. The molecule has 1 atom stereocenters. The fraction of sp³-hybridized carbons (Fsp3) is 0.214. The van der Waals surface area contributed by atoms with Gasteiger partial charge in [-0.1, -0.05) is 36.1 Å². The first-order chi connectivity index (χ1) is 18.2. The van der Waals surface area contributed by atoms with Crippen molar-refractivity contribution in [3.63, 3.8) is 0 Å². The molecule has 10 heteroatoms. The normalized spacial score (nSPS) is 16.5. The zero-order chi connectivity index (χ0) is 27.6. The number of halogens is 1. The lowest BCUT2D eigenvalue weighted by Crippen LogP contribution is -2.29. The van der Waals surface area contributed by atoms with Crippen molar-refractivity contribution in [3.05, 3.63) is 93.8 Å². The third kappa shape index (κ3) is 4.95. The van der Waals surface area contributed by atoms with E-state index in [0.717, 1.165) is 16.2 Å². The Morgan fingerprint density at radius 1 is 1.21 bits per heavy atom. The number of esters is 1. The topological polar surface area (TPSA) is 106 Å². The van der Waals surface area contributed by atoms with Gasteiger partial charge in [0.25, 0.3) is 5.78 Å². The van der Waals surface area contributed by atoms with Crippen LogP contribution in [0.5, 0.6) is 5.75 Å². The van der Waals surface area contributed by atoms with Crippen molar-refractivity contribution in [2.45, 2.75) is 26.8 Å².